The number of ether oxygens (including phenoxy) is 1. The molecule has 1 heterocycles. The van der Waals surface area contributed by atoms with Crippen LogP contribution in [0.1, 0.15) is 12.8 Å². The molecule has 1 amide bonds. The Labute approximate surface area is 122 Å². The Balaban J connectivity index is 2.14. The Morgan fingerprint density at radius 1 is 1.45 bits per heavy atom. The van der Waals surface area contributed by atoms with Crippen LogP contribution in [0.25, 0.3) is 0 Å². The molecule has 6 nitrogen and oxygen atoms in total. The molecule has 1 saturated heterocycles. The fraction of sp³-hybridized carbons (Fsp3) is 0.929. The molecule has 0 saturated carbocycles. The number of nitrogens with two attached hydrogens (primary N) is 1. The Kier molecular flexibility index (Phi) is 8.06. The van der Waals surface area contributed by atoms with Crippen molar-refractivity contribution in [2.24, 2.45) is 11.7 Å². The standard InChI is InChI=1S/C14H30N4O2/c1-17(2)8-9-18-6-4-12(5-7-18)10-16-14(19)13(15)11-20-3/h12-13H,4-11,15H2,1-3H3,(H,16,19). The maximum atomic E-state index is 11.7. The molecule has 1 aliphatic heterocycles. The maximum Gasteiger partial charge on any atom is 0.239 e. The van der Waals surface area contributed by atoms with Crippen LogP contribution >= 0.6 is 0 Å². The van der Waals surface area contributed by atoms with Gasteiger partial charge in [0.25, 0.3) is 0 Å². The van der Waals surface area contributed by atoms with Crippen molar-refractivity contribution in [3.05, 3.63) is 0 Å². The number of nitrogens with zero attached hydrogens (tertiary/aromatic N) is 2. The molecule has 1 unspecified atom stereocenters. The summed E-state index contributed by atoms with van der Waals surface area (Å²) in [6.45, 7) is 5.49. The second-order valence-corrected chi connectivity index (χ2v) is 5.90. The average Bonchev–Trinajstić information content (AvgIpc) is 2.43. The van der Waals surface area contributed by atoms with E-state index in [9.17, 15) is 4.79 Å². The molecule has 6 heteroatoms. The molecule has 0 aromatic carbocycles. The number of methoxy groups -OCH3 is 1. The van der Waals surface area contributed by atoms with Gasteiger partial charge in [-0.1, -0.05) is 0 Å². The monoisotopic (exact) mass is 286 g/mol. The number of likely N-dealkylation sites (tertiary alicyclic amines) is 1. The zero-order valence-corrected chi connectivity index (χ0v) is 13.1. The summed E-state index contributed by atoms with van der Waals surface area (Å²) in [5.41, 5.74) is 5.68. The summed E-state index contributed by atoms with van der Waals surface area (Å²) in [5, 5.41) is 2.93. The zero-order chi connectivity index (χ0) is 15.0. The third-order valence-corrected chi connectivity index (χ3v) is 3.82. The van der Waals surface area contributed by atoms with Crippen molar-refractivity contribution >= 4 is 5.91 Å². The summed E-state index contributed by atoms with van der Waals surface area (Å²) >= 11 is 0. The molecule has 0 bridgehead atoms. The smallest absolute Gasteiger partial charge is 0.239 e. The molecule has 1 rings (SSSR count). The highest BCUT2D eigenvalue weighted by Gasteiger charge is 2.20. The molecule has 0 aliphatic carbocycles. The largest absolute Gasteiger partial charge is 0.383 e. The topological polar surface area (TPSA) is 70.8 Å². The Morgan fingerprint density at radius 3 is 2.65 bits per heavy atom. The van der Waals surface area contributed by atoms with E-state index in [-0.39, 0.29) is 12.5 Å². The van der Waals surface area contributed by atoms with Crippen LogP contribution in [0.4, 0.5) is 0 Å². The maximum absolute atomic E-state index is 11.7. The highest BCUT2D eigenvalue weighted by atomic mass is 16.5. The van der Waals surface area contributed by atoms with Gasteiger partial charge >= 0.3 is 0 Å². The summed E-state index contributed by atoms with van der Waals surface area (Å²) in [6.07, 6.45) is 2.29. The first-order chi connectivity index (χ1) is 9.52. The highest BCUT2D eigenvalue weighted by molar-refractivity contribution is 5.81. The van der Waals surface area contributed by atoms with E-state index in [0.717, 1.165) is 45.6 Å². The first-order valence-electron chi connectivity index (χ1n) is 7.42. The molecule has 0 spiro atoms. The molecule has 1 fully saturated rings. The van der Waals surface area contributed by atoms with Crippen molar-refractivity contribution in [3.8, 4) is 0 Å². The fourth-order valence-electron chi connectivity index (χ4n) is 2.39. The molecule has 1 aliphatic rings. The quantitative estimate of drug-likeness (QED) is 0.620. The number of carbonyl (C=O) groups excluding carboxylic acids is 1. The number of amides is 1. The van der Waals surface area contributed by atoms with Gasteiger partial charge in [0.15, 0.2) is 0 Å². The van der Waals surface area contributed by atoms with E-state index in [4.69, 9.17) is 10.5 Å². The third-order valence-electron chi connectivity index (χ3n) is 3.82. The van der Waals surface area contributed by atoms with Gasteiger partial charge < -0.3 is 25.6 Å². The van der Waals surface area contributed by atoms with E-state index < -0.39 is 6.04 Å². The molecule has 3 N–H and O–H groups in total. The molecule has 0 aromatic rings. The summed E-state index contributed by atoms with van der Waals surface area (Å²) in [4.78, 5) is 16.4. The van der Waals surface area contributed by atoms with Crippen molar-refractivity contribution in [3.63, 3.8) is 0 Å². The van der Waals surface area contributed by atoms with Gasteiger partial charge in [0.05, 0.1) is 6.61 Å². The first-order valence-corrected chi connectivity index (χ1v) is 7.42. The Hall–Kier alpha value is -0.690. The van der Waals surface area contributed by atoms with Crippen LogP contribution in [-0.2, 0) is 9.53 Å². The number of carbonyl (C=O) groups is 1. The summed E-state index contributed by atoms with van der Waals surface area (Å²) in [5.74, 6) is 0.464. The van der Waals surface area contributed by atoms with Crippen molar-refractivity contribution in [2.45, 2.75) is 18.9 Å². The summed E-state index contributed by atoms with van der Waals surface area (Å²) in [7, 11) is 5.76. The van der Waals surface area contributed by atoms with Crippen LogP contribution in [0, 0.1) is 5.92 Å². The lowest BCUT2D eigenvalue weighted by Gasteiger charge is -2.32. The first kappa shape index (κ1) is 17.4. The van der Waals surface area contributed by atoms with Crippen molar-refractivity contribution in [1.82, 2.24) is 15.1 Å². The number of hydrogen-bond acceptors (Lipinski definition) is 5. The van der Waals surface area contributed by atoms with E-state index in [1.54, 1.807) is 7.11 Å². The minimum Gasteiger partial charge on any atom is -0.383 e. The van der Waals surface area contributed by atoms with Crippen molar-refractivity contribution in [2.75, 3.05) is 60.5 Å². The zero-order valence-electron chi connectivity index (χ0n) is 13.1. The highest BCUT2D eigenvalue weighted by Crippen LogP contribution is 2.16. The Bertz CT molecular complexity index is 278. The van der Waals surface area contributed by atoms with Crippen LogP contribution in [0.15, 0.2) is 0 Å². The molecule has 0 aromatic heterocycles. The predicted molar refractivity (Wildman–Crippen MR) is 80.6 cm³/mol. The van der Waals surface area contributed by atoms with E-state index in [1.807, 2.05) is 0 Å². The van der Waals surface area contributed by atoms with Crippen LogP contribution in [0.5, 0.6) is 0 Å². The van der Waals surface area contributed by atoms with Gasteiger partial charge in [0, 0.05) is 26.7 Å². The molecule has 0 radical (unpaired) electrons. The van der Waals surface area contributed by atoms with Crippen LogP contribution in [0.2, 0.25) is 0 Å². The van der Waals surface area contributed by atoms with Gasteiger partial charge in [-0.05, 0) is 45.9 Å². The lowest BCUT2D eigenvalue weighted by atomic mass is 9.96. The van der Waals surface area contributed by atoms with Gasteiger partial charge in [-0.2, -0.15) is 0 Å². The molecule has 1 atom stereocenters. The van der Waals surface area contributed by atoms with Gasteiger partial charge in [-0.25, -0.2) is 0 Å². The van der Waals surface area contributed by atoms with Crippen molar-refractivity contribution in [1.29, 1.82) is 0 Å². The predicted octanol–water partition coefficient (Wildman–Crippen LogP) is -0.650. The number of piperidine rings is 1. The number of rotatable bonds is 8. The second-order valence-electron chi connectivity index (χ2n) is 5.90. The van der Waals surface area contributed by atoms with Gasteiger partial charge in [-0.15, -0.1) is 0 Å². The Morgan fingerprint density at radius 2 is 2.10 bits per heavy atom. The second kappa shape index (κ2) is 9.28. The molecular formula is C14H30N4O2. The summed E-state index contributed by atoms with van der Waals surface area (Å²) < 4.78 is 4.88. The number of hydrogen-bond donors (Lipinski definition) is 2. The number of nitrogens with one attached hydrogen (secondary N) is 1. The third kappa shape index (κ3) is 6.65. The minimum atomic E-state index is -0.555. The van der Waals surface area contributed by atoms with E-state index in [0.29, 0.717) is 5.92 Å². The normalized spacial score (nSPS) is 19.2. The number of likely N-dealkylation sites (N-methyl/N-ethyl adjacent to an activating group) is 1. The minimum absolute atomic E-state index is 0.109. The van der Waals surface area contributed by atoms with Crippen LogP contribution in [-0.4, -0.2) is 82.3 Å². The van der Waals surface area contributed by atoms with Gasteiger partial charge in [0.1, 0.15) is 6.04 Å². The van der Waals surface area contributed by atoms with Gasteiger partial charge in [0.2, 0.25) is 5.91 Å². The van der Waals surface area contributed by atoms with E-state index >= 15 is 0 Å². The molecular weight excluding hydrogens is 256 g/mol. The van der Waals surface area contributed by atoms with E-state index in [2.05, 4.69) is 29.2 Å². The lowest BCUT2D eigenvalue weighted by molar-refractivity contribution is -0.123. The van der Waals surface area contributed by atoms with Crippen molar-refractivity contribution < 1.29 is 9.53 Å². The SMILES string of the molecule is COCC(N)C(=O)NCC1CCN(CCN(C)C)CC1. The molecule has 20 heavy (non-hydrogen) atoms. The lowest BCUT2D eigenvalue weighted by Crippen LogP contribution is -2.46. The average molecular weight is 286 g/mol. The summed E-state index contributed by atoms with van der Waals surface area (Å²) in [6, 6.07) is -0.555. The van der Waals surface area contributed by atoms with Gasteiger partial charge in [-0.3, -0.25) is 4.79 Å². The molecule has 118 valence electrons. The van der Waals surface area contributed by atoms with Crippen LogP contribution in [0.3, 0.4) is 0 Å². The fourth-order valence-corrected chi connectivity index (χ4v) is 2.39. The van der Waals surface area contributed by atoms with E-state index in [1.165, 1.54) is 0 Å². The van der Waals surface area contributed by atoms with Crippen LogP contribution < -0.4 is 11.1 Å².